The molecule has 0 aliphatic heterocycles. The SMILES string of the molecule is Cc1ccc(-n2nc(C)c3c(F)cc(-c4ccc([C@H]5C[C@@H]5C(=O)O)cc4)cc32)cc1. The third kappa shape index (κ3) is 3.07. The molecule has 0 saturated heterocycles. The molecule has 1 saturated carbocycles. The molecule has 1 aliphatic carbocycles. The highest BCUT2D eigenvalue weighted by Gasteiger charge is 2.44. The molecule has 1 heterocycles. The van der Waals surface area contributed by atoms with E-state index in [1.165, 1.54) is 0 Å². The Hall–Kier alpha value is -3.47. The Bertz CT molecular complexity index is 1270. The number of benzene rings is 3. The molecule has 5 rings (SSSR count). The number of hydrogen-bond acceptors (Lipinski definition) is 2. The zero-order chi connectivity index (χ0) is 21.0. The van der Waals surface area contributed by atoms with Crippen LogP contribution in [-0.4, -0.2) is 20.9 Å². The number of carboxylic acids is 1. The predicted octanol–water partition coefficient (Wildman–Crippen LogP) is 5.64. The van der Waals surface area contributed by atoms with Crippen molar-refractivity contribution in [2.45, 2.75) is 26.2 Å². The smallest absolute Gasteiger partial charge is 0.307 e. The van der Waals surface area contributed by atoms with Crippen LogP contribution in [0.3, 0.4) is 0 Å². The molecule has 5 heteroatoms. The van der Waals surface area contributed by atoms with Crippen LogP contribution in [-0.2, 0) is 4.79 Å². The zero-order valence-corrected chi connectivity index (χ0v) is 16.8. The molecule has 0 unspecified atom stereocenters. The van der Waals surface area contributed by atoms with Crippen LogP contribution in [0.4, 0.5) is 4.39 Å². The molecular weight excluding hydrogens is 379 g/mol. The molecule has 1 aliphatic rings. The Morgan fingerprint density at radius 2 is 1.73 bits per heavy atom. The van der Waals surface area contributed by atoms with Gasteiger partial charge in [0, 0.05) is 0 Å². The molecular formula is C25H21FN2O2. The third-order valence-corrected chi connectivity index (χ3v) is 5.97. The van der Waals surface area contributed by atoms with Crippen LogP contribution in [0.1, 0.15) is 29.2 Å². The summed E-state index contributed by atoms with van der Waals surface area (Å²) in [5.74, 6) is -1.23. The molecule has 0 spiro atoms. The van der Waals surface area contributed by atoms with Crippen LogP contribution >= 0.6 is 0 Å². The van der Waals surface area contributed by atoms with Crippen LogP contribution in [0.25, 0.3) is 27.7 Å². The van der Waals surface area contributed by atoms with Crippen LogP contribution in [0.5, 0.6) is 0 Å². The highest BCUT2D eigenvalue weighted by atomic mass is 19.1. The molecule has 1 N–H and O–H groups in total. The fraction of sp³-hybridized carbons (Fsp3) is 0.200. The van der Waals surface area contributed by atoms with Crippen LogP contribution in [0, 0.1) is 25.6 Å². The molecule has 0 amide bonds. The Morgan fingerprint density at radius 3 is 2.37 bits per heavy atom. The molecule has 4 nitrogen and oxygen atoms in total. The minimum atomic E-state index is -0.740. The fourth-order valence-electron chi connectivity index (χ4n) is 4.18. The van der Waals surface area contributed by atoms with E-state index < -0.39 is 5.97 Å². The van der Waals surface area contributed by atoms with Crippen molar-refractivity contribution in [2.75, 3.05) is 0 Å². The van der Waals surface area contributed by atoms with Crippen molar-refractivity contribution in [3.05, 3.63) is 83.3 Å². The number of rotatable bonds is 4. The lowest BCUT2D eigenvalue weighted by molar-refractivity contribution is -0.138. The minimum absolute atomic E-state index is 0.0846. The number of aryl methyl sites for hydroxylation is 2. The summed E-state index contributed by atoms with van der Waals surface area (Å²) in [4.78, 5) is 11.1. The normalized spacial score (nSPS) is 18.0. The largest absolute Gasteiger partial charge is 0.481 e. The van der Waals surface area contributed by atoms with E-state index in [1.807, 2.05) is 68.4 Å². The summed E-state index contributed by atoms with van der Waals surface area (Å²) in [7, 11) is 0. The molecule has 0 bridgehead atoms. The molecule has 4 aromatic rings. The Kier molecular flexibility index (Phi) is 4.21. The summed E-state index contributed by atoms with van der Waals surface area (Å²) < 4.78 is 16.8. The number of aliphatic carboxylic acids is 1. The van der Waals surface area contributed by atoms with E-state index in [2.05, 4.69) is 5.10 Å². The highest BCUT2D eigenvalue weighted by molar-refractivity contribution is 5.88. The fourth-order valence-corrected chi connectivity index (χ4v) is 4.18. The maximum absolute atomic E-state index is 15.0. The Morgan fingerprint density at radius 1 is 1.03 bits per heavy atom. The van der Waals surface area contributed by atoms with E-state index in [-0.39, 0.29) is 17.7 Å². The monoisotopic (exact) mass is 400 g/mol. The van der Waals surface area contributed by atoms with Crippen molar-refractivity contribution in [1.82, 2.24) is 9.78 Å². The minimum Gasteiger partial charge on any atom is -0.481 e. The first-order valence-electron chi connectivity index (χ1n) is 10.0. The van der Waals surface area contributed by atoms with Gasteiger partial charge in [0.25, 0.3) is 0 Å². The zero-order valence-electron chi connectivity index (χ0n) is 16.8. The second-order valence-corrected chi connectivity index (χ2v) is 8.09. The first-order valence-corrected chi connectivity index (χ1v) is 10.0. The second-order valence-electron chi connectivity index (χ2n) is 8.09. The van der Waals surface area contributed by atoms with E-state index in [0.29, 0.717) is 17.5 Å². The van der Waals surface area contributed by atoms with Crippen LogP contribution in [0.2, 0.25) is 0 Å². The first-order chi connectivity index (χ1) is 14.4. The van der Waals surface area contributed by atoms with Gasteiger partial charge in [0.15, 0.2) is 0 Å². The number of aromatic nitrogens is 2. The molecule has 1 aromatic heterocycles. The van der Waals surface area contributed by atoms with Gasteiger partial charge in [0.2, 0.25) is 0 Å². The molecule has 1 fully saturated rings. The number of nitrogens with zero attached hydrogens (tertiary/aromatic N) is 2. The summed E-state index contributed by atoms with van der Waals surface area (Å²) in [6.07, 6.45) is 0.685. The second kappa shape index (κ2) is 6.80. The summed E-state index contributed by atoms with van der Waals surface area (Å²) in [5.41, 5.74) is 6.10. The lowest BCUT2D eigenvalue weighted by Crippen LogP contribution is -1.98. The van der Waals surface area contributed by atoms with E-state index >= 15 is 4.39 Å². The van der Waals surface area contributed by atoms with Gasteiger partial charge in [-0.3, -0.25) is 4.79 Å². The molecule has 3 aromatic carbocycles. The van der Waals surface area contributed by atoms with Gasteiger partial charge in [-0.05, 0) is 67.1 Å². The maximum atomic E-state index is 15.0. The Labute approximate surface area is 173 Å². The van der Waals surface area contributed by atoms with E-state index in [9.17, 15) is 4.79 Å². The number of fused-ring (bicyclic) bond motifs is 1. The van der Waals surface area contributed by atoms with Crippen molar-refractivity contribution in [3.63, 3.8) is 0 Å². The molecule has 2 atom stereocenters. The van der Waals surface area contributed by atoms with Gasteiger partial charge >= 0.3 is 5.97 Å². The number of hydrogen-bond donors (Lipinski definition) is 1. The topological polar surface area (TPSA) is 55.1 Å². The number of carboxylic acid groups (broad SMARTS) is 1. The number of carbonyl (C=O) groups is 1. The van der Waals surface area contributed by atoms with Gasteiger partial charge < -0.3 is 5.11 Å². The van der Waals surface area contributed by atoms with Crippen molar-refractivity contribution in [3.8, 4) is 16.8 Å². The quantitative estimate of drug-likeness (QED) is 0.483. The van der Waals surface area contributed by atoms with Gasteiger partial charge in [-0.1, -0.05) is 42.0 Å². The summed E-state index contributed by atoms with van der Waals surface area (Å²) in [6, 6.07) is 19.3. The van der Waals surface area contributed by atoms with Gasteiger partial charge in [-0.15, -0.1) is 0 Å². The summed E-state index contributed by atoms with van der Waals surface area (Å²) in [5, 5.41) is 14.2. The molecule has 30 heavy (non-hydrogen) atoms. The molecule has 0 radical (unpaired) electrons. The summed E-state index contributed by atoms with van der Waals surface area (Å²) >= 11 is 0. The van der Waals surface area contributed by atoms with Crippen LogP contribution in [0.15, 0.2) is 60.7 Å². The van der Waals surface area contributed by atoms with Crippen molar-refractivity contribution < 1.29 is 14.3 Å². The standard InChI is InChI=1S/C25H21FN2O2/c1-14-3-9-19(10-4-14)28-23-12-18(11-22(26)24(23)15(2)27-28)16-5-7-17(8-6-16)20-13-21(20)25(29)30/h3-12,20-21H,13H2,1-2H3,(H,29,30)/t20-,21+/m1/s1. The summed E-state index contributed by atoms with van der Waals surface area (Å²) in [6.45, 7) is 3.84. The Balaban J connectivity index is 1.56. The van der Waals surface area contributed by atoms with Crippen molar-refractivity contribution >= 4 is 16.9 Å². The van der Waals surface area contributed by atoms with Gasteiger partial charge in [-0.25, -0.2) is 9.07 Å². The lowest BCUT2D eigenvalue weighted by atomic mass is 10.00. The van der Waals surface area contributed by atoms with Gasteiger partial charge in [-0.2, -0.15) is 5.10 Å². The van der Waals surface area contributed by atoms with E-state index in [0.717, 1.165) is 33.5 Å². The number of halogens is 1. The van der Waals surface area contributed by atoms with E-state index in [4.69, 9.17) is 5.11 Å². The van der Waals surface area contributed by atoms with Crippen molar-refractivity contribution in [2.24, 2.45) is 5.92 Å². The molecule has 150 valence electrons. The van der Waals surface area contributed by atoms with Crippen LogP contribution < -0.4 is 0 Å². The average molecular weight is 400 g/mol. The van der Waals surface area contributed by atoms with Crippen molar-refractivity contribution in [1.29, 1.82) is 0 Å². The van der Waals surface area contributed by atoms with Gasteiger partial charge in [0.05, 0.1) is 28.2 Å². The predicted molar refractivity (Wildman–Crippen MR) is 114 cm³/mol. The average Bonchev–Trinajstić information content (AvgIpc) is 3.47. The van der Waals surface area contributed by atoms with Gasteiger partial charge in [0.1, 0.15) is 5.82 Å². The first kappa shape index (κ1) is 18.6. The highest BCUT2D eigenvalue weighted by Crippen LogP contribution is 2.47. The maximum Gasteiger partial charge on any atom is 0.307 e. The lowest BCUT2D eigenvalue weighted by Gasteiger charge is -2.08. The van der Waals surface area contributed by atoms with E-state index in [1.54, 1.807) is 10.7 Å². The third-order valence-electron chi connectivity index (χ3n) is 5.97.